The van der Waals surface area contributed by atoms with Crippen LogP contribution in [-0.2, 0) is 9.59 Å². The molecule has 2 amide bonds. The van der Waals surface area contributed by atoms with Crippen molar-refractivity contribution in [2.75, 3.05) is 13.6 Å². The maximum atomic E-state index is 11.7. The third kappa shape index (κ3) is 3.14. The highest BCUT2D eigenvalue weighted by molar-refractivity contribution is 6.20. The predicted octanol–water partition coefficient (Wildman–Crippen LogP) is -2.15. The fourth-order valence-corrected chi connectivity index (χ4v) is 1.10. The van der Waals surface area contributed by atoms with E-state index in [0.29, 0.717) is 0 Å². The SMILES string of the molecule is CN=C(C=CN)C(N)(CN)C(=O)NC(C)=O. The summed E-state index contributed by atoms with van der Waals surface area (Å²) in [4.78, 5) is 26.3. The fourth-order valence-electron chi connectivity index (χ4n) is 1.10. The highest BCUT2D eigenvalue weighted by atomic mass is 16.2. The van der Waals surface area contributed by atoms with Crippen LogP contribution in [0.15, 0.2) is 17.3 Å². The number of amides is 2. The van der Waals surface area contributed by atoms with Crippen molar-refractivity contribution >= 4 is 17.5 Å². The van der Waals surface area contributed by atoms with Gasteiger partial charge in [0.05, 0.1) is 5.71 Å². The number of rotatable bonds is 4. The summed E-state index contributed by atoms with van der Waals surface area (Å²) < 4.78 is 0. The third-order valence-electron chi connectivity index (χ3n) is 1.97. The van der Waals surface area contributed by atoms with Crippen LogP contribution < -0.4 is 22.5 Å². The second-order valence-electron chi connectivity index (χ2n) is 3.15. The highest BCUT2D eigenvalue weighted by Gasteiger charge is 2.37. The van der Waals surface area contributed by atoms with Gasteiger partial charge < -0.3 is 17.2 Å². The van der Waals surface area contributed by atoms with E-state index in [4.69, 9.17) is 17.2 Å². The molecule has 1 unspecified atom stereocenters. The van der Waals surface area contributed by atoms with Crippen LogP contribution in [0.2, 0.25) is 0 Å². The van der Waals surface area contributed by atoms with Gasteiger partial charge in [-0.05, 0) is 12.3 Å². The Morgan fingerprint density at radius 1 is 1.50 bits per heavy atom. The van der Waals surface area contributed by atoms with Crippen molar-refractivity contribution in [3.8, 4) is 0 Å². The predicted molar refractivity (Wildman–Crippen MR) is 61.5 cm³/mol. The molecule has 0 bridgehead atoms. The van der Waals surface area contributed by atoms with Gasteiger partial charge in [0.15, 0.2) is 5.54 Å². The van der Waals surface area contributed by atoms with E-state index in [9.17, 15) is 9.59 Å². The Morgan fingerprint density at radius 2 is 2.06 bits per heavy atom. The number of hydrogen-bond acceptors (Lipinski definition) is 6. The van der Waals surface area contributed by atoms with Gasteiger partial charge in [-0.2, -0.15) is 0 Å². The Balaban J connectivity index is 5.17. The van der Waals surface area contributed by atoms with E-state index in [1.807, 2.05) is 0 Å². The van der Waals surface area contributed by atoms with Crippen LogP contribution in [0.1, 0.15) is 6.92 Å². The zero-order chi connectivity index (χ0) is 12.8. The monoisotopic (exact) mass is 227 g/mol. The van der Waals surface area contributed by atoms with Gasteiger partial charge in [-0.1, -0.05) is 0 Å². The average Bonchev–Trinajstić information content (AvgIpc) is 2.23. The molecule has 0 saturated heterocycles. The molecule has 0 aromatic carbocycles. The topological polar surface area (TPSA) is 137 Å². The molecule has 0 aliphatic heterocycles. The molecule has 0 aromatic rings. The molecule has 0 saturated carbocycles. The van der Waals surface area contributed by atoms with Crippen molar-refractivity contribution in [3.63, 3.8) is 0 Å². The van der Waals surface area contributed by atoms with E-state index >= 15 is 0 Å². The van der Waals surface area contributed by atoms with E-state index in [1.165, 1.54) is 26.2 Å². The molecule has 90 valence electrons. The number of aliphatic imine (C=N–C) groups is 1. The van der Waals surface area contributed by atoms with Gasteiger partial charge in [-0.15, -0.1) is 0 Å². The lowest BCUT2D eigenvalue weighted by molar-refractivity contribution is -0.131. The van der Waals surface area contributed by atoms with Crippen molar-refractivity contribution in [2.24, 2.45) is 22.2 Å². The first-order valence-corrected chi connectivity index (χ1v) is 4.58. The second kappa shape index (κ2) is 5.99. The molecule has 0 radical (unpaired) electrons. The molecule has 0 spiro atoms. The molecule has 0 aliphatic rings. The standard InChI is InChI=1S/C9H17N5O2/c1-6(15)14-8(16)9(12,5-11)7(13-2)3-4-10/h3-4H,5,10-12H2,1-2H3,(H,14,15,16). The first-order valence-electron chi connectivity index (χ1n) is 4.58. The highest BCUT2D eigenvalue weighted by Crippen LogP contribution is 2.04. The average molecular weight is 227 g/mol. The first-order chi connectivity index (χ1) is 7.42. The maximum absolute atomic E-state index is 11.7. The van der Waals surface area contributed by atoms with E-state index in [1.54, 1.807) is 0 Å². The molecular weight excluding hydrogens is 210 g/mol. The number of imide groups is 1. The first kappa shape index (κ1) is 14.3. The third-order valence-corrected chi connectivity index (χ3v) is 1.97. The normalized spacial score (nSPS) is 15.9. The van der Waals surface area contributed by atoms with Gasteiger partial charge in [0.1, 0.15) is 0 Å². The Kier molecular flexibility index (Phi) is 5.34. The minimum Gasteiger partial charge on any atom is -0.405 e. The van der Waals surface area contributed by atoms with Crippen molar-refractivity contribution in [1.29, 1.82) is 0 Å². The van der Waals surface area contributed by atoms with Crippen LogP contribution in [0.5, 0.6) is 0 Å². The van der Waals surface area contributed by atoms with E-state index in [-0.39, 0.29) is 12.3 Å². The van der Waals surface area contributed by atoms with Gasteiger partial charge in [0.2, 0.25) is 5.91 Å². The summed E-state index contributed by atoms with van der Waals surface area (Å²) in [5, 5.41) is 2.07. The van der Waals surface area contributed by atoms with Crippen molar-refractivity contribution in [1.82, 2.24) is 5.32 Å². The van der Waals surface area contributed by atoms with Crippen LogP contribution in [0, 0.1) is 0 Å². The Hall–Kier alpha value is -1.73. The number of carbonyl (C=O) groups excluding carboxylic acids is 2. The molecule has 0 aliphatic carbocycles. The second-order valence-corrected chi connectivity index (χ2v) is 3.15. The summed E-state index contributed by atoms with van der Waals surface area (Å²) in [5.41, 5.74) is 15.1. The number of nitrogens with two attached hydrogens (primary N) is 3. The molecule has 7 N–H and O–H groups in total. The van der Waals surface area contributed by atoms with Crippen molar-refractivity contribution in [3.05, 3.63) is 12.3 Å². The lowest BCUT2D eigenvalue weighted by Crippen LogP contribution is -2.64. The maximum Gasteiger partial charge on any atom is 0.254 e. The molecule has 7 heteroatoms. The lowest BCUT2D eigenvalue weighted by Gasteiger charge is -2.25. The van der Waals surface area contributed by atoms with Crippen LogP contribution >= 0.6 is 0 Å². The number of carbonyl (C=O) groups is 2. The number of nitrogens with one attached hydrogen (secondary N) is 1. The van der Waals surface area contributed by atoms with E-state index < -0.39 is 17.4 Å². The summed E-state index contributed by atoms with van der Waals surface area (Å²) in [5.74, 6) is -1.22. The van der Waals surface area contributed by atoms with Gasteiger partial charge in [0.25, 0.3) is 5.91 Å². The summed E-state index contributed by atoms with van der Waals surface area (Å²) >= 11 is 0. The van der Waals surface area contributed by atoms with Gasteiger partial charge in [-0.3, -0.25) is 19.9 Å². The quantitative estimate of drug-likeness (QED) is 0.406. The van der Waals surface area contributed by atoms with Gasteiger partial charge in [0, 0.05) is 20.5 Å². The zero-order valence-corrected chi connectivity index (χ0v) is 9.36. The minimum atomic E-state index is -1.56. The summed E-state index contributed by atoms with van der Waals surface area (Å²) in [6, 6.07) is 0. The minimum absolute atomic E-state index is 0.191. The smallest absolute Gasteiger partial charge is 0.254 e. The summed E-state index contributed by atoms with van der Waals surface area (Å²) in [6.07, 6.45) is 2.56. The van der Waals surface area contributed by atoms with Crippen LogP contribution in [0.4, 0.5) is 0 Å². The van der Waals surface area contributed by atoms with Gasteiger partial charge >= 0.3 is 0 Å². The molecule has 1 atom stereocenters. The Morgan fingerprint density at radius 3 is 2.38 bits per heavy atom. The van der Waals surface area contributed by atoms with Crippen LogP contribution in [0.3, 0.4) is 0 Å². The number of nitrogens with zero attached hydrogens (tertiary/aromatic N) is 1. The van der Waals surface area contributed by atoms with Crippen LogP contribution in [-0.4, -0.2) is 36.7 Å². The molecule has 0 rings (SSSR count). The fraction of sp³-hybridized carbons (Fsp3) is 0.444. The van der Waals surface area contributed by atoms with E-state index in [2.05, 4.69) is 10.3 Å². The molecule has 16 heavy (non-hydrogen) atoms. The van der Waals surface area contributed by atoms with Crippen molar-refractivity contribution < 1.29 is 9.59 Å². The Labute approximate surface area is 93.8 Å². The molecule has 0 fully saturated rings. The molecular formula is C9H17N5O2. The molecule has 0 aromatic heterocycles. The summed E-state index contributed by atoms with van der Waals surface area (Å²) in [6.45, 7) is 1.01. The van der Waals surface area contributed by atoms with E-state index in [0.717, 1.165) is 0 Å². The summed E-state index contributed by atoms with van der Waals surface area (Å²) in [7, 11) is 1.45. The van der Waals surface area contributed by atoms with Crippen LogP contribution in [0.25, 0.3) is 0 Å². The van der Waals surface area contributed by atoms with Gasteiger partial charge in [-0.25, -0.2) is 0 Å². The Bertz CT molecular complexity index is 337. The number of hydrogen-bond donors (Lipinski definition) is 4. The lowest BCUT2D eigenvalue weighted by atomic mass is 9.93. The van der Waals surface area contributed by atoms with Crippen molar-refractivity contribution in [2.45, 2.75) is 12.5 Å². The largest absolute Gasteiger partial charge is 0.405 e. The molecule has 7 nitrogen and oxygen atoms in total. The zero-order valence-electron chi connectivity index (χ0n) is 9.36. The molecule has 0 heterocycles.